The third kappa shape index (κ3) is 3.11. The molecule has 5 nitrogen and oxygen atoms in total. The molecule has 5 heteroatoms. The molecule has 1 atom stereocenters. The van der Waals surface area contributed by atoms with Crippen molar-refractivity contribution in [1.29, 1.82) is 0 Å². The van der Waals surface area contributed by atoms with E-state index >= 15 is 0 Å². The Bertz CT molecular complexity index is 306. The summed E-state index contributed by atoms with van der Waals surface area (Å²) < 4.78 is 0. The summed E-state index contributed by atoms with van der Waals surface area (Å²) in [5, 5.41) is 2.79. The molecule has 2 aliphatic heterocycles. The largest absolute Gasteiger partial charge is 0.354 e. The number of nitrogens with one attached hydrogen (secondary N) is 1. The maximum absolute atomic E-state index is 12.3. The fourth-order valence-electron chi connectivity index (χ4n) is 2.53. The van der Waals surface area contributed by atoms with E-state index in [1.54, 1.807) is 4.90 Å². The molecule has 0 aromatic carbocycles. The summed E-state index contributed by atoms with van der Waals surface area (Å²) in [6.45, 7) is 5.41. The van der Waals surface area contributed by atoms with Crippen molar-refractivity contribution in [3.63, 3.8) is 0 Å². The Morgan fingerprint density at radius 3 is 2.82 bits per heavy atom. The van der Waals surface area contributed by atoms with Crippen LogP contribution in [0.4, 0.5) is 4.79 Å². The van der Waals surface area contributed by atoms with E-state index in [1.165, 1.54) is 6.42 Å². The second kappa shape index (κ2) is 5.38. The summed E-state index contributed by atoms with van der Waals surface area (Å²) in [6, 6.07) is 0.0357. The minimum atomic E-state index is -0.0408. The van der Waals surface area contributed by atoms with Crippen molar-refractivity contribution < 1.29 is 9.59 Å². The number of carbonyl (C=O) groups excluding carboxylic acids is 2. The van der Waals surface area contributed by atoms with Gasteiger partial charge in [0.2, 0.25) is 5.91 Å². The number of nitrogens with zero attached hydrogens (tertiary/aromatic N) is 2. The molecule has 2 aliphatic rings. The molecule has 0 saturated carbocycles. The zero-order valence-electron chi connectivity index (χ0n) is 10.4. The lowest BCUT2D eigenvalue weighted by Crippen LogP contribution is -2.49. The molecule has 0 aromatic rings. The van der Waals surface area contributed by atoms with Crippen LogP contribution in [0.3, 0.4) is 0 Å². The molecule has 3 amide bonds. The van der Waals surface area contributed by atoms with Gasteiger partial charge in [-0.05, 0) is 25.2 Å². The van der Waals surface area contributed by atoms with Crippen LogP contribution < -0.4 is 5.32 Å². The molecule has 1 N–H and O–H groups in total. The summed E-state index contributed by atoms with van der Waals surface area (Å²) in [6.07, 6.45) is 3.12. The predicted molar refractivity (Wildman–Crippen MR) is 64.6 cm³/mol. The number of piperidine rings is 1. The molecule has 17 heavy (non-hydrogen) atoms. The van der Waals surface area contributed by atoms with Gasteiger partial charge >= 0.3 is 6.03 Å². The molecule has 1 unspecified atom stereocenters. The molecule has 2 heterocycles. The molecule has 0 bridgehead atoms. The van der Waals surface area contributed by atoms with Crippen molar-refractivity contribution in [3.05, 3.63) is 0 Å². The van der Waals surface area contributed by atoms with Gasteiger partial charge in [0.15, 0.2) is 0 Å². The molecular weight excluding hydrogens is 218 g/mol. The Kier molecular flexibility index (Phi) is 3.86. The zero-order chi connectivity index (χ0) is 12.3. The van der Waals surface area contributed by atoms with Gasteiger partial charge in [0.25, 0.3) is 0 Å². The van der Waals surface area contributed by atoms with Gasteiger partial charge in [-0.15, -0.1) is 0 Å². The number of carbonyl (C=O) groups is 2. The second-order valence-electron chi connectivity index (χ2n) is 5.10. The standard InChI is InChI=1S/C12H21N3O2/c1-10-4-2-6-14(8-10)12(17)15-7-3-5-13-11(16)9-15/h10H,2-9H2,1H3,(H,13,16). The van der Waals surface area contributed by atoms with E-state index in [0.29, 0.717) is 19.0 Å². The molecule has 0 aliphatic carbocycles. The minimum absolute atomic E-state index is 0.0357. The average Bonchev–Trinajstić information content (AvgIpc) is 2.53. The highest BCUT2D eigenvalue weighted by molar-refractivity contribution is 5.84. The Hall–Kier alpha value is -1.26. The predicted octanol–water partition coefficient (Wildman–Crippen LogP) is 0.660. The topological polar surface area (TPSA) is 52.7 Å². The number of amides is 3. The van der Waals surface area contributed by atoms with Crippen LogP contribution in [0.15, 0.2) is 0 Å². The summed E-state index contributed by atoms with van der Waals surface area (Å²) in [7, 11) is 0. The SMILES string of the molecule is CC1CCCN(C(=O)N2CCCNC(=O)C2)C1. The highest BCUT2D eigenvalue weighted by Crippen LogP contribution is 2.17. The van der Waals surface area contributed by atoms with E-state index in [1.807, 2.05) is 4.90 Å². The minimum Gasteiger partial charge on any atom is -0.354 e. The first-order valence-corrected chi connectivity index (χ1v) is 6.47. The van der Waals surface area contributed by atoms with Crippen molar-refractivity contribution in [3.8, 4) is 0 Å². The highest BCUT2D eigenvalue weighted by Gasteiger charge is 2.27. The lowest BCUT2D eigenvalue weighted by molar-refractivity contribution is -0.121. The average molecular weight is 239 g/mol. The van der Waals surface area contributed by atoms with Gasteiger partial charge in [0.05, 0.1) is 0 Å². The van der Waals surface area contributed by atoms with Crippen LogP contribution in [0.1, 0.15) is 26.2 Å². The van der Waals surface area contributed by atoms with Crippen molar-refractivity contribution in [1.82, 2.24) is 15.1 Å². The van der Waals surface area contributed by atoms with E-state index in [9.17, 15) is 9.59 Å². The summed E-state index contributed by atoms with van der Waals surface area (Å²) >= 11 is 0. The van der Waals surface area contributed by atoms with Gasteiger partial charge in [-0.3, -0.25) is 4.79 Å². The van der Waals surface area contributed by atoms with Gasteiger partial charge in [-0.25, -0.2) is 4.79 Å². The van der Waals surface area contributed by atoms with Crippen LogP contribution in [-0.4, -0.2) is 54.5 Å². The zero-order valence-corrected chi connectivity index (χ0v) is 10.4. The Labute approximate surface area is 102 Å². The third-order valence-corrected chi connectivity index (χ3v) is 3.46. The number of hydrogen-bond acceptors (Lipinski definition) is 2. The molecule has 96 valence electrons. The first kappa shape index (κ1) is 12.2. The molecule has 0 spiro atoms. The summed E-state index contributed by atoms with van der Waals surface area (Å²) in [5.74, 6) is 0.536. The van der Waals surface area contributed by atoms with Crippen LogP contribution in [0.25, 0.3) is 0 Å². The van der Waals surface area contributed by atoms with Gasteiger partial charge in [-0.2, -0.15) is 0 Å². The van der Waals surface area contributed by atoms with Gasteiger partial charge in [0, 0.05) is 26.2 Å². The van der Waals surface area contributed by atoms with Crippen LogP contribution in [-0.2, 0) is 4.79 Å². The monoisotopic (exact) mass is 239 g/mol. The van der Waals surface area contributed by atoms with E-state index in [2.05, 4.69) is 12.2 Å². The molecule has 2 saturated heterocycles. The van der Waals surface area contributed by atoms with E-state index in [0.717, 1.165) is 25.9 Å². The lowest BCUT2D eigenvalue weighted by atomic mass is 10.0. The number of hydrogen-bond donors (Lipinski definition) is 1. The lowest BCUT2D eigenvalue weighted by Gasteiger charge is -2.34. The molecular formula is C12H21N3O2. The molecule has 2 rings (SSSR count). The normalized spacial score (nSPS) is 26.4. The molecule has 2 fully saturated rings. The Morgan fingerprint density at radius 1 is 1.29 bits per heavy atom. The third-order valence-electron chi connectivity index (χ3n) is 3.46. The van der Waals surface area contributed by atoms with Crippen LogP contribution in [0, 0.1) is 5.92 Å². The van der Waals surface area contributed by atoms with Gasteiger partial charge in [-0.1, -0.05) is 6.92 Å². The van der Waals surface area contributed by atoms with Crippen LogP contribution >= 0.6 is 0 Å². The fourth-order valence-corrected chi connectivity index (χ4v) is 2.53. The van der Waals surface area contributed by atoms with Crippen molar-refractivity contribution in [2.24, 2.45) is 5.92 Å². The fraction of sp³-hybridized carbons (Fsp3) is 0.833. The van der Waals surface area contributed by atoms with E-state index in [4.69, 9.17) is 0 Å². The van der Waals surface area contributed by atoms with Crippen LogP contribution in [0.5, 0.6) is 0 Å². The van der Waals surface area contributed by atoms with Crippen molar-refractivity contribution in [2.75, 3.05) is 32.7 Å². The maximum Gasteiger partial charge on any atom is 0.320 e. The maximum atomic E-state index is 12.3. The van der Waals surface area contributed by atoms with Gasteiger partial charge < -0.3 is 15.1 Å². The van der Waals surface area contributed by atoms with Crippen molar-refractivity contribution in [2.45, 2.75) is 26.2 Å². The number of rotatable bonds is 0. The highest BCUT2D eigenvalue weighted by atomic mass is 16.2. The second-order valence-corrected chi connectivity index (χ2v) is 5.10. The van der Waals surface area contributed by atoms with E-state index < -0.39 is 0 Å². The quantitative estimate of drug-likeness (QED) is 0.675. The van der Waals surface area contributed by atoms with E-state index in [-0.39, 0.29) is 18.5 Å². The number of urea groups is 1. The van der Waals surface area contributed by atoms with Gasteiger partial charge in [0.1, 0.15) is 6.54 Å². The smallest absolute Gasteiger partial charge is 0.320 e. The first-order chi connectivity index (χ1) is 8.16. The van der Waals surface area contributed by atoms with Crippen molar-refractivity contribution >= 4 is 11.9 Å². The Balaban J connectivity index is 1.95. The number of likely N-dealkylation sites (tertiary alicyclic amines) is 1. The first-order valence-electron chi connectivity index (χ1n) is 6.47. The summed E-state index contributed by atoms with van der Waals surface area (Å²) in [5.41, 5.74) is 0. The molecule has 0 radical (unpaired) electrons. The van der Waals surface area contributed by atoms with Crippen LogP contribution in [0.2, 0.25) is 0 Å². The Morgan fingerprint density at radius 2 is 2.06 bits per heavy atom. The molecule has 0 aromatic heterocycles. The summed E-state index contributed by atoms with van der Waals surface area (Å²) in [4.78, 5) is 27.3.